The zero-order valence-electron chi connectivity index (χ0n) is 22.7. The summed E-state index contributed by atoms with van der Waals surface area (Å²) in [5.74, 6) is 1.71. The van der Waals surface area contributed by atoms with Crippen LogP contribution in [0.15, 0.2) is 102 Å². The van der Waals surface area contributed by atoms with Crippen molar-refractivity contribution in [2.45, 2.75) is 58.4 Å². The van der Waals surface area contributed by atoms with Crippen molar-refractivity contribution in [1.82, 2.24) is 5.32 Å². The first-order valence-electron chi connectivity index (χ1n) is 12.6. The summed E-state index contributed by atoms with van der Waals surface area (Å²) >= 11 is 1.72. The second-order valence-corrected chi connectivity index (χ2v) is 8.64. The van der Waals surface area contributed by atoms with E-state index in [1.807, 2.05) is 74.7 Å². The van der Waals surface area contributed by atoms with E-state index in [1.54, 1.807) is 17.7 Å². The fourth-order valence-corrected chi connectivity index (χ4v) is 3.42. The van der Waals surface area contributed by atoms with Gasteiger partial charge in [0.25, 0.3) is 0 Å². The molecule has 4 heteroatoms. The lowest BCUT2D eigenvalue weighted by Crippen LogP contribution is -2.23. The number of nitrogens with one attached hydrogen (secondary N) is 1. The number of nitrogens with two attached hydrogens (primary N) is 1. The van der Waals surface area contributed by atoms with Gasteiger partial charge in [0.2, 0.25) is 0 Å². The van der Waals surface area contributed by atoms with Crippen LogP contribution in [0.25, 0.3) is 0 Å². The van der Waals surface area contributed by atoms with Crippen molar-refractivity contribution >= 4 is 23.4 Å². The number of fused-ring (bicyclic) bond motifs is 1. The number of nitrogen functional groups attached to an aromatic ring is 1. The fraction of sp³-hybridized carbons (Fsp3) is 0.312. The Morgan fingerprint density at radius 1 is 0.972 bits per heavy atom. The largest absolute Gasteiger partial charge is 0.399 e. The Bertz CT molecular complexity index is 969. The number of hydrogen-bond acceptors (Lipinski definition) is 4. The van der Waals surface area contributed by atoms with E-state index in [0.29, 0.717) is 0 Å². The van der Waals surface area contributed by atoms with Crippen LogP contribution in [-0.4, -0.2) is 18.7 Å². The van der Waals surface area contributed by atoms with Crippen LogP contribution in [0, 0.1) is 0 Å². The molecule has 4 rings (SSSR count). The lowest BCUT2D eigenvalue weighted by molar-refractivity contribution is 0.569. The molecule has 0 aliphatic carbocycles. The Kier molecular flexibility index (Phi) is 20.5. The monoisotopic (exact) mass is 504 g/mol. The molecule has 3 nitrogen and oxygen atoms in total. The summed E-state index contributed by atoms with van der Waals surface area (Å²) in [6, 6.07) is 26.4. The highest BCUT2D eigenvalue weighted by molar-refractivity contribution is 7.98. The Morgan fingerprint density at radius 2 is 1.53 bits per heavy atom. The van der Waals surface area contributed by atoms with Crippen LogP contribution in [0.5, 0.6) is 0 Å². The quantitative estimate of drug-likeness (QED) is 0.164. The summed E-state index contributed by atoms with van der Waals surface area (Å²) in [5.41, 5.74) is 11.2. The number of anilines is 1. The molecule has 0 aromatic heterocycles. The van der Waals surface area contributed by atoms with Crippen molar-refractivity contribution in [3.8, 4) is 0 Å². The summed E-state index contributed by atoms with van der Waals surface area (Å²) in [5, 5.41) is 3.34. The van der Waals surface area contributed by atoms with Crippen LogP contribution >= 0.6 is 11.8 Å². The van der Waals surface area contributed by atoms with Gasteiger partial charge in [0, 0.05) is 23.2 Å². The first kappa shape index (κ1) is 33.0. The van der Waals surface area contributed by atoms with Crippen LogP contribution in [-0.2, 0) is 24.2 Å². The Balaban J connectivity index is 0.000000471. The molecule has 0 spiro atoms. The highest BCUT2D eigenvalue weighted by Gasteiger charge is 2.05. The van der Waals surface area contributed by atoms with Crippen LogP contribution in [0.4, 0.5) is 5.69 Å². The third-order valence-corrected chi connectivity index (χ3v) is 5.40. The minimum Gasteiger partial charge on any atom is -0.399 e. The molecule has 0 saturated heterocycles. The Labute approximate surface area is 223 Å². The molecule has 36 heavy (non-hydrogen) atoms. The molecule has 0 saturated carbocycles. The molecule has 3 aromatic rings. The summed E-state index contributed by atoms with van der Waals surface area (Å²) < 4.78 is 0. The molecule has 194 valence electrons. The number of thioether (sulfide) groups is 1. The van der Waals surface area contributed by atoms with Crippen LogP contribution in [0.1, 0.15) is 50.8 Å². The van der Waals surface area contributed by atoms with Gasteiger partial charge in [-0.15, -0.1) is 11.8 Å². The lowest BCUT2D eigenvalue weighted by Gasteiger charge is -2.15. The number of allylic oxidation sites excluding steroid dienone is 2. The van der Waals surface area contributed by atoms with Crippen LogP contribution < -0.4 is 11.1 Å². The fourth-order valence-electron chi connectivity index (χ4n) is 3.02. The van der Waals surface area contributed by atoms with E-state index >= 15 is 0 Å². The molecule has 0 radical (unpaired) electrons. The summed E-state index contributed by atoms with van der Waals surface area (Å²) in [6.07, 6.45) is 6.57. The second-order valence-electron chi connectivity index (χ2n) is 7.76. The molecule has 0 unspecified atom stereocenters. The van der Waals surface area contributed by atoms with E-state index in [9.17, 15) is 4.79 Å². The molecule has 1 aliphatic rings. The van der Waals surface area contributed by atoms with E-state index < -0.39 is 0 Å². The second kappa shape index (κ2) is 22.4. The normalized spacial score (nSPS) is 10.5. The zero-order valence-corrected chi connectivity index (χ0v) is 23.5. The first-order chi connectivity index (χ1) is 17.5. The third-order valence-electron chi connectivity index (χ3n) is 4.66. The van der Waals surface area contributed by atoms with Crippen molar-refractivity contribution in [2.75, 3.05) is 18.5 Å². The Morgan fingerprint density at radius 3 is 2.06 bits per heavy atom. The molecule has 0 amide bonds. The molecule has 0 bridgehead atoms. The van der Waals surface area contributed by atoms with Gasteiger partial charge >= 0.3 is 0 Å². The van der Waals surface area contributed by atoms with Gasteiger partial charge in [0.1, 0.15) is 5.94 Å². The molecule has 0 atom stereocenters. The van der Waals surface area contributed by atoms with Gasteiger partial charge in [-0.2, -0.15) is 0 Å². The Hall–Kier alpha value is -3.04. The number of rotatable bonds is 4. The highest BCUT2D eigenvalue weighted by Crippen LogP contribution is 2.15. The molecular weight excluding hydrogens is 460 g/mol. The van der Waals surface area contributed by atoms with Gasteiger partial charge in [-0.05, 0) is 72.2 Å². The van der Waals surface area contributed by atoms with Crippen molar-refractivity contribution in [3.63, 3.8) is 0 Å². The summed E-state index contributed by atoms with van der Waals surface area (Å²) in [6.45, 7) is 14.2. The number of carbonyl (C=O) groups excluding carboxylic acids is 1. The van der Waals surface area contributed by atoms with E-state index in [2.05, 4.69) is 50.0 Å². The van der Waals surface area contributed by atoms with E-state index in [4.69, 9.17) is 5.73 Å². The van der Waals surface area contributed by atoms with E-state index in [1.165, 1.54) is 34.9 Å². The molecule has 1 aliphatic heterocycles. The predicted molar refractivity (Wildman–Crippen MR) is 161 cm³/mol. The van der Waals surface area contributed by atoms with Gasteiger partial charge in [-0.3, -0.25) is 0 Å². The predicted octanol–water partition coefficient (Wildman–Crippen LogP) is 7.94. The van der Waals surface area contributed by atoms with Gasteiger partial charge < -0.3 is 11.1 Å². The van der Waals surface area contributed by atoms with Crippen LogP contribution in [0.3, 0.4) is 0 Å². The lowest BCUT2D eigenvalue weighted by atomic mass is 10.0. The maximum Gasteiger partial charge on any atom is 0.124 e. The smallest absolute Gasteiger partial charge is 0.124 e. The van der Waals surface area contributed by atoms with E-state index in [-0.39, 0.29) is 0 Å². The molecular formula is C32H44N2OS. The van der Waals surface area contributed by atoms with Crippen molar-refractivity contribution in [3.05, 3.63) is 114 Å². The molecule has 3 N–H and O–H groups in total. The number of benzene rings is 3. The maximum atomic E-state index is 9.96. The molecule has 0 fully saturated rings. The van der Waals surface area contributed by atoms with Crippen LogP contribution in [0.2, 0.25) is 0 Å². The standard InChI is InChI=1S/C11H10O.C9H11N.C7H9NS.C3H8.C2H6/c1-10(7-8-12)9-11-5-3-2-4-6-11;1-2-4-9-7-10-6-5-8(9)3-1;1-9-7-4-2-6(8)3-5-7;1-3-2;1-2/h2-7H,1,9H2;1-4,10H,5-7H2;2-5H,8H2,1H3;3H2,1-2H3;1-2H3. The molecule has 3 aromatic carbocycles. The van der Waals surface area contributed by atoms with Crippen molar-refractivity contribution in [1.29, 1.82) is 0 Å². The van der Waals surface area contributed by atoms with Crippen molar-refractivity contribution in [2.24, 2.45) is 0 Å². The minimum absolute atomic E-state index is 0.718. The highest BCUT2D eigenvalue weighted by atomic mass is 32.2. The average molecular weight is 505 g/mol. The first-order valence-corrected chi connectivity index (χ1v) is 13.9. The van der Waals surface area contributed by atoms with Gasteiger partial charge in [-0.25, -0.2) is 4.79 Å². The van der Waals surface area contributed by atoms with Gasteiger partial charge in [-0.1, -0.05) is 95.3 Å². The third kappa shape index (κ3) is 15.8. The van der Waals surface area contributed by atoms with E-state index in [0.717, 1.165) is 36.3 Å². The minimum atomic E-state index is 0.718. The zero-order chi connectivity index (χ0) is 27.0. The topological polar surface area (TPSA) is 55.1 Å². The number of hydrogen-bond donors (Lipinski definition) is 2. The van der Waals surface area contributed by atoms with Crippen molar-refractivity contribution < 1.29 is 4.79 Å². The van der Waals surface area contributed by atoms with Gasteiger partial charge in [0.15, 0.2) is 0 Å². The maximum absolute atomic E-state index is 9.96. The SMILES string of the molecule is C=C(C=C=O)Cc1ccccc1.CC.CCC.CSc1ccc(N)cc1.c1ccc2c(c1)CCNC2. The summed E-state index contributed by atoms with van der Waals surface area (Å²) in [7, 11) is 0. The molecule has 1 heterocycles. The average Bonchev–Trinajstić information content (AvgIpc) is 2.92. The van der Waals surface area contributed by atoms with Gasteiger partial charge in [0.05, 0.1) is 0 Å². The summed E-state index contributed by atoms with van der Waals surface area (Å²) in [4.78, 5) is 11.2.